The molecule has 2 N–H and O–H groups in total. The second-order valence-corrected chi connectivity index (χ2v) is 8.31. The number of nitrogens with zero attached hydrogens (tertiary/aromatic N) is 1. The summed E-state index contributed by atoms with van der Waals surface area (Å²) in [6.45, 7) is 3.32. The first-order valence-electron chi connectivity index (χ1n) is 9.05. The number of benzene rings is 1. The van der Waals surface area contributed by atoms with E-state index in [0.29, 0.717) is 25.2 Å². The lowest BCUT2D eigenvalue weighted by Crippen LogP contribution is -2.43. The van der Waals surface area contributed by atoms with Crippen LogP contribution in [0.25, 0.3) is 0 Å². The molecule has 0 radical (unpaired) electrons. The van der Waals surface area contributed by atoms with Gasteiger partial charge in [0.2, 0.25) is 5.91 Å². The predicted octanol–water partition coefficient (Wildman–Crippen LogP) is 2.40. The molecule has 1 aromatic rings. The van der Waals surface area contributed by atoms with Crippen LogP contribution in [0.1, 0.15) is 32.6 Å². The smallest absolute Gasteiger partial charge is 0.322 e. The number of hydrogen-bond acceptors (Lipinski definition) is 4. The van der Waals surface area contributed by atoms with E-state index in [-0.39, 0.29) is 11.8 Å². The summed E-state index contributed by atoms with van der Waals surface area (Å²) in [6.07, 6.45) is 2.51. The predicted molar refractivity (Wildman–Crippen MR) is 101 cm³/mol. The van der Waals surface area contributed by atoms with Gasteiger partial charge in [-0.2, -0.15) is 0 Å². The van der Waals surface area contributed by atoms with Crippen molar-refractivity contribution >= 4 is 29.6 Å². The maximum absolute atomic E-state index is 12.4. The molecule has 2 saturated heterocycles. The number of imide groups is 1. The number of nitrogens with one attached hydrogen (secondary N) is 2. The van der Waals surface area contributed by atoms with Crippen molar-refractivity contribution in [1.82, 2.24) is 15.5 Å². The molecule has 2 heterocycles. The Hall–Kier alpha value is -2.02. The molecule has 2 atom stereocenters. The molecule has 0 aliphatic carbocycles. The highest BCUT2D eigenvalue weighted by Crippen LogP contribution is 2.26. The highest BCUT2D eigenvalue weighted by Gasteiger charge is 2.41. The number of amides is 4. The summed E-state index contributed by atoms with van der Waals surface area (Å²) in [5.41, 5.74) is -0.892. The van der Waals surface area contributed by atoms with Gasteiger partial charge in [-0.05, 0) is 44.2 Å². The van der Waals surface area contributed by atoms with Gasteiger partial charge in [0.15, 0.2) is 0 Å². The fourth-order valence-electron chi connectivity index (χ4n) is 3.43. The molecule has 6 nitrogen and oxygen atoms in total. The summed E-state index contributed by atoms with van der Waals surface area (Å²) in [5, 5.41) is 4.88. The van der Waals surface area contributed by atoms with Crippen molar-refractivity contribution < 1.29 is 14.4 Å². The van der Waals surface area contributed by atoms with Gasteiger partial charge in [-0.25, -0.2) is 4.79 Å². The molecule has 7 heteroatoms. The van der Waals surface area contributed by atoms with Crippen LogP contribution in [0.4, 0.5) is 4.79 Å². The summed E-state index contributed by atoms with van der Waals surface area (Å²) in [5.74, 6) is 1.39. The van der Waals surface area contributed by atoms with E-state index >= 15 is 0 Å². The van der Waals surface area contributed by atoms with Crippen LogP contribution in [-0.4, -0.2) is 47.1 Å². The van der Waals surface area contributed by atoms with E-state index in [1.54, 1.807) is 6.92 Å². The monoisotopic (exact) mass is 375 g/mol. The third-order valence-electron chi connectivity index (χ3n) is 5.05. The Morgan fingerprint density at radius 1 is 1.31 bits per heavy atom. The van der Waals surface area contributed by atoms with E-state index in [2.05, 4.69) is 22.8 Å². The fourth-order valence-corrected chi connectivity index (χ4v) is 4.48. The molecule has 2 aliphatic rings. The highest BCUT2D eigenvalue weighted by molar-refractivity contribution is 7.99. The number of carbonyl (C=O) groups excluding carboxylic acids is 3. The molecule has 3 rings (SSSR count). The van der Waals surface area contributed by atoms with Crippen molar-refractivity contribution in [1.29, 1.82) is 0 Å². The molecule has 1 aromatic carbocycles. The van der Waals surface area contributed by atoms with Crippen LogP contribution in [0, 0.1) is 5.92 Å². The van der Waals surface area contributed by atoms with Crippen molar-refractivity contribution in [2.45, 2.75) is 43.0 Å². The van der Waals surface area contributed by atoms with E-state index in [1.165, 1.54) is 4.90 Å². The molecular formula is C19H25N3O3S. The van der Waals surface area contributed by atoms with E-state index in [1.807, 2.05) is 34.9 Å². The molecule has 4 amide bonds. The minimum Gasteiger partial charge on any atom is -0.342 e. The van der Waals surface area contributed by atoms with Gasteiger partial charge in [0.05, 0.1) is 0 Å². The third kappa shape index (κ3) is 4.58. The first kappa shape index (κ1) is 18.8. The average Bonchev–Trinajstić information content (AvgIpc) is 3.18. The minimum atomic E-state index is -0.892. The van der Waals surface area contributed by atoms with Crippen molar-refractivity contribution in [3.8, 4) is 0 Å². The maximum atomic E-state index is 12.4. The zero-order chi connectivity index (χ0) is 18.6. The molecule has 2 aliphatic heterocycles. The second kappa shape index (κ2) is 8.12. The lowest BCUT2D eigenvalue weighted by atomic mass is 9.95. The Balaban J connectivity index is 1.38. The molecule has 0 bridgehead atoms. The molecule has 0 aromatic heterocycles. The minimum absolute atomic E-state index is 0.144. The number of thioether (sulfide) groups is 1. The zero-order valence-electron chi connectivity index (χ0n) is 15.0. The van der Waals surface area contributed by atoms with Crippen molar-refractivity contribution in [2.24, 2.45) is 5.92 Å². The second-order valence-electron chi connectivity index (χ2n) is 7.21. The van der Waals surface area contributed by atoms with Gasteiger partial charge in [-0.15, -0.1) is 11.8 Å². The van der Waals surface area contributed by atoms with Gasteiger partial charge in [0.1, 0.15) is 5.54 Å². The lowest BCUT2D eigenvalue weighted by Gasteiger charge is -2.21. The molecule has 26 heavy (non-hydrogen) atoms. The SMILES string of the molecule is CC1(CCCC(=O)N2CCC(CSc3ccccc3)C2)NC(=O)NC1=O. The van der Waals surface area contributed by atoms with Crippen molar-refractivity contribution in [3.63, 3.8) is 0 Å². The molecule has 2 fully saturated rings. The topological polar surface area (TPSA) is 78.5 Å². The van der Waals surface area contributed by atoms with Crippen LogP contribution >= 0.6 is 11.8 Å². The molecule has 0 spiro atoms. The summed E-state index contributed by atoms with van der Waals surface area (Å²) in [7, 11) is 0. The van der Waals surface area contributed by atoms with E-state index < -0.39 is 11.6 Å². The normalized spacial score (nSPS) is 25.3. The fraction of sp³-hybridized carbons (Fsp3) is 0.526. The Kier molecular flexibility index (Phi) is 5.86. The van der Waals surface area contributed by atoms with Crippen LogP contribution in [0.3, 0.4) is 0 Å². The Bertz CT molecular complexity index is 682. The molecule has 140 valence electrons. The zero-order valence-corrected chi connectivity index (χ0v) is 15.8. The van der Waals surface area contributed by atoms with Crippen molar-refractivity contribution in [2.75, 3.05) is 18.8 Å². The van der Waals surface area contributed by atoms with Crippen LogP contribution in [0.15, 0.2) is 35.2 Å². The summed E-state index contributed by atoms with van der Waals surface area (Å²) < 4.78 is 0. The Morgan fingerprint density at radius 3 is 2.77 bits per heavy atom. The quantitative estimate of drug-likeness (QED) is 0.567. The van der Waals surface area contributed by atoms with Gasteiger partial charge in [-0.3, -0.25) is 14.9 Å². The summed E-state index contributed by atoms with van der Waals surface area (Å²) >= 11 is 1.84. The van der Waals surface area contributed by atoms with Crippen LogP contribution in [0.5, 0.6) is 0 Å². The van der Waals surface area contributed by atoms with E-state index in [0.717, 1.165) is 25.3 Å². The molecule has 2 unspecified atom stereocenters. The van der Waals surface area contributed by atoms with Crippen LogP contribution in [-0.2, 0) is 9.59 Å². The third-order valence-corrected chi connectivity index (χ3v) is 6.30. The summed E-state index contributed by atoms with van der Waals surface area (Å²) in [6, 6.07) is 9.87. The Morgan fingerprint density at radius 2 is 2.08 bits per heavy atom. The van der Waals surface area contributed by atoms with E-state index in [4.69, 9.17) is 0 Å². The van der Waals surface area contributed by atoms with Gasteiger partial charge in [-0.1, -0.05) is 18.2 Å². The number of urea groups is 1. The number of hydrogen-bond donors (Lipinski definition) is 2. The maximum Gasteiger partial charge on any atom is 0.322 e. The summed E-state index contributed by atoms with van der Waals surface area (Å²) in [4.78, 5) is 38.7. The largest absolute Gasteiger partial charge is 0.342 e. The first-order chi connectivity index (χ1) is 12.5. The number of likely N-dealkylation sites (tertiary alicyclic amines) is 1. The Labute approximate surface area is 158 Å². The van der Waals surface area contributed by atoms with Crippen LogP contribution < -0.4 is 10.6 Å². The average molecular weight is 375 g/mol. The van der Waals surface area contributed by atoms with Gasteiger partial charge >= 0.3 is 6.03 Å². The molecular weight excluding hydrogens is 350 g/mol. The first-order valence-corrected chi connectivity index (χ1v) is 10.0. The standard InChI is InChI=1S/C19H25N3O3S/c1-19(17(24)20-18(25)21-19)10-5-8-16(23)22-11-9-14(12-22)13-26-15-6-3-2-4-7-15/h2-4,6-7,14H,5,8-13H2,1H3,(H2,20,21,24,25). The highest BCUT2D eigenvalue weighted by atomic mass is 32.2. The van der Waals surface area contributed by atoms with Crippen LogP contribution in [0.2, 0.25) is 0 Å². The molecule has 0 saturated carbocycles. The van der Waals surface area contributed by atoms with Gasteiger partial charge < -0.3 is 10.2 Å². The van der Waals surface area contributed by atoms with Crippen molar-refractivity contribution in [3.05, 3.63) is 30.3 Å². The van der Waals surface area contributed by atoms with Gasteiger partial charge in [0, 0.05) is 30.2 Å². The van der Waals surface area contributed by atoms with Gasteiger partial charge in [0.25, 0.3) is 5.91 Å². The van der Waals surface area contributed by atoms with E-state index in [9.17, 15) is 14.4 Å². The lowest BCUT2D eigenvalue weighted by molar-refractivity contribution is -0.131. The number of carbonyl (C=O) groups is 3. The number of rotatable bonds is 7.